The molecule has 2 aromatic carbocycles. The number of hydrogen-bond donors (Lipinski definition) is 1. The molecule has 4 bridgehead atoms. The Labute approximate surface area is 292 Å². The van der Waals surface area contributed by atoms with E-state index in [9.17, 15) is 26.4 Å². The number of alkyl halides is 3. The number of sulfonamides is 1. The molecule has 2 aliphatic heterocycles. The molecule has 1 atom stereocenters. The van der Waals surface area contributed by atoms with E-state index in [1.54, 1.807) is 18.2 Å². The molecule has 1 aliphatic carbocycles. The molecule has 1 N–H and O–H groups in total. The second kappa shape index (κ2) is 14.1. The average Bonchev–Trinajstić information content (AvgIpc) is 2.98. The molecular weight excluding hydrogens is 679 g/mol. The number of piperidine rings is 1. The Morgan fingerprint density at radius 1 is 1.02 bits per heavy atom. The number of nitrogens with zero attached hydrogens (tertiary/aromatic N) is 4. The Morgan fingerprint density at radius 2 is 1.67 bits per heavy atom. The summed E-state index contributed by atoms with van der Waals surface area (Å²) in [6, 6.07) is 13.0. The number of amides is 1. The smallest absolute Gasteiger partial charge is 0.401 e. The number of aromatic nitrogens is 2. The maximum atomic E-state index is 14.4. The molecule has 9 nitrogen and oxygen atoms in total. The van der Waals surface area contributed by atoms with Crippen molar-refractivity contribution >= 4 is 34.3 Å². The van der Waals surface area contributed by atoms with Gasteiger partial charge in [0.25, 0.3) is 15.9 Å². The number of halogens is 4. The average molecular weight is 722 g/mol. The van der Waals surface area contributed by atoms with Crippen LogP contribution in [0, 0.1) is 25.2 Å². The van der Waals surface area contributed by atoms with Crippen LogP contribution in [-0.2, 0) is 10.0 Å². The van der Waals surface area contributed by atoms with Crippen LogP contribution in [0.5, 0.6) is 5.88 Å². The van der Waals surface area contributed by atoms with Gasteiger partial charge in [-0.3, -0.25) is 9.69 Å². The summed E-state index contributed by atoms with van der Waals surface area (Å²) in [7, 11) is -4.19. The maximum absolute atomic E-state index is 14.4. The third-order valence-corrected chi connectivity index (χ3v) is 11.2. The second-order valence-corrected chi connectivity index (χ2v) is 15.8. The van der Waals surface area contributed by atoms with Gasteiger partial charge in [-0.25, -0.2) is 18.1 Å². The van der Waals surface area contributed by atoms with Crippen molar-refractivity contribution < 1.29 is 31.1 Å². The van der Waals surface area contributed by atoms with E-state index in [4.69, 9.17) is 4.74 Å². The Morgan fingerprint density at radius 3 is 2.31 bits per heavy atom. The molecule has 1 amide bonds. The minimum absolute atomic E-state index is 0. The fourth-order valence-corrected chi connectivity index (χ4v) is 8.61. The van der Waals surface area contributed by atoms with Crippen LogP contribution in [0.1, 0.15) is 67.4 Å². The van der Waals surface area contributed by atoms with Crippen molar-refractivity contribution in [1.29, 1.82) is 0 Å². The van der Waals surface area contributed by atoms with Gasteiger partial charge in [-0.2, -0.15) is 18.2 Å². The summed E-state index contributed by atoms with van der Waals surface area (Å²) in [6.07, 6.45) is -1.01. The number of likely N-dealkylation sites (tertiary alicyclic amines) is 1. The Balaban J connectivity index is 0.00000468. The number of rotatable bonds is 5. The molecule has 0 unspecified atom stereocenters. The van der Waals surface area contributed by atoms with Gasteiger partial charge in [0.05, 0.1) is 23.2 Å². The molecule has 6 rings (SSSR count). The largest absolute Gasteiger partial charge is 0.475 e. The highest BCUT2D eigenvalue weighted by Crippen LogP contribution is 2.52. The molecule has 0 radical (unpaired) electrons. The van der Waals surface area contributed by atoms with Crippen LogP contribution in [0.2, 0.25) is 0 Å². The highest BCUT2D eigenvalue weighted by atomic mass is 35.5. The lowest BCUT2D eigenvalue weighted by atomic mass is 9.59. The van der Waals surface area contributed by atoms with Gasteiger partial charge in [0.15, 0.2) is 0 Å². The SMILES string of the molecule is Cc1cccc(C)c1-c1cc2nc(n1)NS(=O)(=O)c1cccc(c1)C(=O)N(C1CC3(CCN(CC(F)(F)F)CC3)C1)[C@H](CC(C)C)CO2.Cl. The van der Waals surface area contributed by atoms with Gasteiger partial charge in [0.1, 0.15) is 6.61 Å². The first-order valence-electron chi connectivity index (χ1n) is 16.4. The third kappa shape index (κ3) is 8.15. The van der Waals surface area contributed by atoms with E-state index in [1.807, 2.05) is 36.9 Å². The van der Waals surface area contributed by atoms with Crippen LogP contribution in [-0.4, -0.2) is 78.6 Å². The van der Waals surface area contributed by atoms with E-state index in [1.165, 1.54) is 17.0 Å². The van der Waals surface area contributed by atoms with Crippen LogP contribution < -0.4 is 9.46 Å². The first-order chi connectivity index (χ1) is 22.6. The lowest BCUT2D eigenvalue weighted by molar-refractivity contribution is -0.154. The van der Waals surface area contributed by atoms with E-state index in [2.05, 4.69) is 28.5 Å². The van der Waals surface area contributed by atoms with Crippen molar-refractivity contribution in [3.63, 3.8) is 0 Å². The maximum Gasteiger partial charge on any atom is 0.401 e. The molecule has 3 heterocycles. The molecule has 3 aromatic rings. The van der Waals surface area contributed by atoms with E-state index in [0.717, 1.165) is 16.7 Å². The van der Waals surface area contributed by atoms with Crippen LogP contribution in [0.3, 0.4) is 0 Å². The van der Waals surface area contributed by atoms with Gasteiger partial charge in [-0.1, -0.05) is 38.1 Å². The zero-order valence-corrected chi connectivity index (χ0v) is 29.7. The predicted octanol–water partition coefficient (Wildman–Crippen LogP) is 7.04. The monoisotopic (exact) mass is 721 g/mol. The summed E-state index contributed by atoms with van der Waals surface area (Å²) in [6.45, 7) is 7.99. The minimum Gasteiger partial charge on any atom is -0.475 e. The van der Waals surface area contributed by atoms with E-state index in [-0.39, 0.29) is 70.6 Å². The molecule has 3 aliphatic rings. The molecular formula is C35H43ClF3N5O4S. The molecule has 1 aromatic heterocycles. The van der Waals surface area contributed by atoms with E-state index >= 15 is 0 Å². The number of hydrogen-bond acceptors (Lipinski definition) is 7. The van der Waals surface area contributed by atoms with Gasteiger partial charge in [0.2, 0.25) is 11.8 Å². The molecule has 2 fully saturated rings. The van der Waals surface area contributed by atoms with Crippen molar-refractivity contribution in [2.45, 2.75) is 83.0 Å². The van der Waals surface area contributed by atoms with Crippen molar-refractivity contribution in [3.8, 4) is 17.1 Å². The number of ether oxygens (including phenoxy) is 1. The molecule has 1 spiro atoms. The Kier molecular flexibility index (Phi) is 10.6. The molecule has 1 saturated carbocycles. The molecule has 1 saturated heterocycles. The Bertz CT molecular complexity index is 1770. The first kappa shape index (κ1) is 36.9. The molecule has 14 heteroatoms. The summed E-state index contributed by atoms with van der Waals surface area (Å²) < 4.78 is 75.2. The van der Waals surface area contributed by atoms with Crippen LogP contribution >= 0.6 is 12.4 Å². The summed E-state index contributed by atoms with van der Waals surface area (Å²) in [5.41, 5.74) is 3.36. The van der Waals surface area contributed by atoms with Crippen molar-refractivity contribution in [2.75, 3.05) is 31.0 Å². The summed E-state index contributed by atoms with van der Waals surface area (Å²) >= 11 is 0. The van der Waals surface area contributed by atoms with Crippen LogP contribution in [0.15, 0.2) is 53.4 Å². The normalized spacial score (nSPS) is 21.0. The lowest BCUT2D eigenvalue weighted by Crippen LogP contribution is -2.60. The number of nitrogens with one attached hydrogen (secondary N) is 1. The number of fused-ring (bicyclic) bond motifs is 4. The zero-order valence-electron chi connectivity index (χ0n) is 28.1. The number of aryl methyl sites for hydroxylation is 2. The lowest BCUT2D eigenvalue weighted by Gasteiger charge is -2.56. The fourth-order valence-electron chi connectivity index (χ4n) is 7.62. The highest BCUT2D eigenvalue weighted by Gasteiger charge is 2.51. The van der Waals surface area contributed by atoms with Gasteiger partial charge in [0, 0.05) is 23.2 Å². The highest BCUT2D eigenvalue weighted by molar-refractivity contribution is 7.92. The standard InChI is InChI=1S/C35H42F3N5O4S.ClH/c1-22(2)15-26-20-47-30-17-29(31-23(3)7-5-8-24(31)4)39-33(40-30)41-48(45,46)28-10-6-9-25(16-28)32(44)43(26)27-18-34(19-27)11-13-42(14-12-34)21-35(36,37)38;/h5-10,16-17,22,26-27H,11-15,18-21H2,1-4H3,(H,39,40,41);1H/t26-;/m1./s1. The molecule has 49 heavy (non-hydrogen) atoms. The summed E-state index contributed by atoms with van der Waals surface area (Å²) in [5.74, 6) is -0.0709. The first-order valence-corrected chi connectivity index (χ1v) is 17.9. The predicted molar refractivity (Wildman–Crippen MR) is 184 cm³/mol. The fraction of sp³-hybridized carbons (Fsp3) is 0.514. The number of anilines is 1. The van der Waals surface area contributed by atoms with Crippen LogP contribution in [0.25, 0.3) is 11.3 Å². The van der Waals surface area contributed by atoms with Gasteiger partial charge >= 0.3 is 6.18 Å². The van der Waals surface area contributed by atoms with Crippen molar-refractivity contribution in [1.82, 2.24) is 19.8 Å². The van der Waals surface area contributed by atoms with E-state index < -0.39 is 22.7 Å². The van der Waals surface area contributed by atoms with Gasteiger partial charge in [-0.15, -0.1) is 12.4 Å². The number of benzene rings is 2. The third-order valence-electron chi connectivity index (χ3n) is 9.90. The van der Waals surface area contributed by atoms with Crippen molar-refractivity contribution in [3.05, 3.63) is 65.2 Å². The zero-order chi connectivity index (χ0) is 34.4. The molecule has 266 valence electrons. The van der Waals surface area contributed by atoms with Gasteiger partial charge < -0.3 is 9.64 Å². The van der Waals surface area contributed by atoms with E-state index in [0.29, 0.717) is 50.9 Å². The second-order valence-electron chi connectivity index (χ2n) is 14.1. The topological polar surface area (TPSA) is 105 Å². The Hall–Kier alpha value is -3.42. The van der Waals surface area contributed by atoms with Crippen LogP contribution in [0.4, 0.5) is 19.1 Å². The number of carbonyl (C=O) groups is 1. The summed E-state index contributed by atoms with van der Waals surface area (Å²) in [4.78, 5) is 26.7. The number of carbonyl (C=O) groups excluding carboxylic acids is 1. The van der Waals surface area contributed by atoms with Gasteiger partial charge in [-0.05, 0) is 99.7 Å². The quantitative estimate of drug-likeness (QED) is 0.302. The minimum atomic E-state index is -4.23. The summed E-state index contributed by atoms with van der Waals surface area (Å²) in [5, 5.41) is 0. The van der Waals surface area contributed by atoms with Crippen molar-refractivity contribution in [2.24, 2.45) is 11.3 Å².